The fraction of sp³-hybridized carbons (Fsp3) is 0.150. The zero-order chi connectivity index (χ0) is 21.1. The molecule has 0 aliphatic rings. The minimum atomic E-state index is -1.20. The third-order valence-electron chi connectivity index (χ3n) is 4.39. The van der Waals surface area contributed by atoms with Crippen LogP contribution in [0.15, 0.2) is 36.4 Å². The van der Waals surface area contributed by atoms with Crippen LogP contribution >= 0.6 is 11.6 Å². The molecule has 1 aromatic heterocycles. The quantitative estimate of drug-likeness (QED) is 0.544. The smallest absolute Gasteiger partial charge is 0.269 e. The molecule has 2 amide bonds. The number of carbonyl (C=O) groups is 2. The third-order valence-corrected chi connectivity index (χ3v) is 4.70. The summed E-state index contributed by atoms with van der Waals surface area (Å²) in [6.45, 7) is 4.26. The Bertz CT molecular complexity index is 1080. The standard InChI is InChI=1S/C20H17ClF2N4O2/c1-10-4-3-5-11(2)13(10)9-24-20(29)17-8-18(27-26-17)25-19(28)12-6-15(22)16(23)7-14(12)21/h3-8H,9H2,1-2H3,(H,24,29)(H2,25,26,27,28). The van der Waals surface area contributed by atoms with Gasteiger partial charge in [0.2, 0.25) is 0 Å². The van der Waals surface area contributed by atoms with Crippen LogP contribution in [0.3, 0.4) is 0 Å². The normalized spacial score (nSPS) is 10.7. The number of nitrogens with zero attached hydrogens (tertiary/aromatic N) is 1. The van der Waals surface area contributed by atoms with Crippen LogP contribution in [-0.4, -0.2) is 22.0 Å². The Labute approximate surface area is 170 Å². The van der Waals surface area contributed by atoms with Crippen LogP contribution in [0.5, 0.6) is 0 Å². The van der Waals surface area contributed by atoms with Crippen molar-refractivity contribution < 1.29 is 18.4 Å². The summed E-state index contributed by atoms with van der Waals surface area (Å²) >= 11 is 5.78. The molecule has 0 unspecified atom stereocenters. The van der Waals surface area contributed by atoms with Crippen molar-refractivity contribution in [3.63, 3.8) is 0 Å². The Kier molecular flexibility index (Phi) is 5.93. The van der Waals surface area contributed by atoms with E-state index in [0.717, 1.165) is 16.7 Å². The molecule has 0 spiro atoms. The minimum absolute atomic E-state index is 0.0352. The van der Waals surface area contributed by atoms with Crippen molar-refractivity contribution in [1.29, 1.82) is 0 Å². The number of aryl methyl sites for hydroxylation is 2. The largest absolute Gasteiger partial charge is 0.347 e. The maximum Gasteiger partial charge on any atom is 0.269 e. The second kappa shape index (κ2) is 8.40. The van der Waals surface area contributed by atoms with Crippen molar-refractivity contribution in [2.24, 2.45) is 0 Å². The van der Waals surface area contributed by atoms with Gasteiger partial charge in [-0.1, -0.05) is 29.8 Å². The highest BCUT2D eigenvalue weighted by molar-refractivity contribution is 6.34. The summed E-state index contributed by atoms with van der Waals surface area (Å²) in [5.74, 6) is -3.52. The van der Waals surface area contributed by atoms with Gasteiger partial charge >= 0.3 is 0 Å². The molecule has 150 valence electrons. The number of carbonyl (C=O) groups excluding carboxylic acids is 2. The molecule has 3 rings (SSSR count). The lowest BCUT2D eigenvalue weighted by atomic mass is 10.0. The number of rotatable bonds is 5. The van der Waals surface area contributed by atoms with Crippen molar-refractivity contribution in [3.05, 3.63) is 81.0 Å². The summed E-state index contributed by atoms with van der Waals surface area (Å²) in [6, 6.07) is 8.59. The second-order valence-corrected chi connectivity index (χ2v) is 6.83. The van der Waals surface area contributed by atoms with Gasteiger partial charge in [-0.25, -0.2) is 8.78 Å². The number of hydrogen-bond acceptors (Lipinski definition) is 3. The molecule has 29 heavy (non-hydrogen) atoms. The lowest BCUT2D eigenvalue weighted by molar-refractivity contribution is 0.0945. The van der Waals surface area contributed by atoms with Crippen LogP contribution in [0, 0.1) is 25.5 Å². The van der Waals surface area contributed by atoms with Gasteiger partial charge in [0.25, 0.3) is 11.8 Å². The maximum atomic E-state index is 13.4. The van der Waals surface area contributed by atoms with Crippen LogP contribution < -0.4 is 10.6 Å². The monoisotopic (exact) mass is 418 g/mol. The van der Waals surface area contributed by atoms with Gasteiger partial charge in [0.1, 0.15) is 5.69 Å². The summed E-state index contributed by atoms with van der Waals surface area (Å²) in [4.78, 5) is 24.6. The van der Waals surface area contributed by atoms with Crippen molar-refractivity contribution in [3.8, 4) is 0 Å². The SMILES string of the molecule is Cc1cccc(C)c1CNC(=O)c1cc(NC(=O)c2cc(F)c(F)cc2Cl)n[nH]1. The number of H-pyrrole nitrogens is 1. The molecule has 2 aromatic carbocycles. The Morgan fingerprint density at radius 3 is 2.41 bits per heavy atom. The van der Waals surface area contributed by atoms with Crippen LogP contribution in [0.4, 0.5) is 14.6 Å². The van der Waals surface area contributed by atoms with E-state index in [1.807, 2.05) is 32.0 Å². The summed E-state index contributed by atoms with van der Waals surface area (Å²) in [5.41, 5.74) is 3.01. The van der Waals surface area contributed by atoms with Crippen LogP contribution in [0.1, 0.15) is 37.5 Å². The van der Waals surface area contributed by atoms with Crippen molar-refractivity contribution in [2.75, 3.05) is 5.32 Å². The molecule has 0 saturated heterocycles. The lowest BCUT2D eigenvalue weighted by Gasteiger charge is -2.10. The fourth-order valence-electron chi connectivity index (χ4n) is 2.77. The number of anilines is 1. The first-order valence-corrected chi connectivity index (χ1v) is 8.98. The average molecular weight is 419 g/mol. The van der Waals surface area contributed by atoms with E-state index in [9.17, 15) is 18.4 Å². The number of hydrogen-bond donors (Lipinski definition) is 3. The summed E-state index contributed by atoms with van der Waals surface area (Å²) in [6.07, 6.45) is 0. The number of nitrogens with one attached hydrogen (secondary N) is 3. The van der Waals surface area contributed by atoms with E-state index in [1.54, 1.807) is 0 Å². The molecular formula is C20H17ClF2N4O2. The molecule has 0 atom stereocenters. The minimum Gasteiger partial charge on any atom is -0.347 e. The number of halogens is 3. The van der Waals surface area contributed by atoms with Gasteiger partial charge in [-0.3, -0.25) is 14.7 Å². The molecule has 0 radical (unpaired) electrons. The van der Waals surface area contributed by atoms with Crippen LogP contribution in [-0.2, 0) is 6.54 Å². The highest BCUT2D eigenvalue weighted by atomic mass is 35.5. The molecule has 3 aromatic rings. The Morgan fingerprint density at radius 2 is 1.72 bits per heavy atom. The van der Waals surface area contributed by atoms with Crippen LogP contribution in [0.25, 0.3) is 0 Å². The number of benzene rings is 2. The summed E-state index contributed by atoms with van der Waals surface area (Å²) < 4.78 is 26.5. The van der Waals surface area contributed by atoms with Crippen LogP contribution in [0.2, 0.25) is 5.02 Å². The lowest BCUT2D eigenvalue weighted by Crippen LogP contribution is -2.24. The zero-order valence-electron chi connectivity index (χ0n) is 15.6. The van der Waals surface area contributed by atoms with E-state index in [0.29, 0.717) is 18.7 Å². The van der Waals surface area contributed by atoms with Gasteiger partial charge < -0.3 is 10.6 Å². The van der Waals surface area contributed by atoms with Gasteiger partial charge in [-0.05, 0) is 42.7 Å². The number of aromatic nitrogens is 2. The number of aromatic amines is 1. The first-order chi connectivity index (χ1) is 13.8. The van der Waals surface area contributed by atoms with E-state index in [2.05, 4.69) is 20.8 Å². The highest BCUT2D eigenvalue weighted by Crippen LogP contribution is 2.21. The number of amides is 2. The first-order valence-electron chi connectivity index (χ1n) is 8.61. The Balaban J connectivity index is 1.67. The first kappa shape index (κ1) is 20.5. The molecule has 0 fully saturated rings. The third kappa shape index (κ3) is 4.60. The Hall–Kier alpha value is -3.26. The van der Waals surface area contributed by atoms with E-state index < -0.39 is 23.4 Å². The van der Waals surface area contributed by atoms with E-state index >= 15 is 0 Å². The molecule has 9 heteroatoms. The van der Waals surface area contributed by atoms with E-state index in [1.165, 1.54) is 6.07 Å². The molecule has 0 aliphatic heterocycles. The molecule has 0 bridgehead atoms. The molecular weight excluding hydrogens is 402 g/mol. The van der Waals surface area contributed by atoms with E-state index in [4.69, 9.17) is 11.6 Å². The Morgan fingerprint density at radius 1 is 1.07 bits per heavy atom. The maximum absolute atomic E-state index is 13.4. The predicted octanol–water partition coefficient (Wildman–Crippen LogP) is 4.14. The zero-order valence-corrected chi connectivity index (χ0v) is 16.3. The molecule has 0 saturated carbocycles. The van der Waals surface area contributed by atoms with Crippen molar-refractivity contribution >= 4 is 29.2 Å². The summed E-state index contributed by atoms with van der Waals surface area (Å²) in [7, 11) is 0. The molecule has 1 heterocycles. The van der Waals surface area contributed by atoms with Crippen molar-refractivity contribution in [2.45, 2.75) is 20.4 Å². The highest BCUT2D eigenvalue weighted by Gasteiger charge is 2.17. The van der Waals surface area contributed by atoms with E-state index in [-0.39, 0.29) is 22.1 Å². The fourth-order valence-corrected chi connectivity index (χ4v) is 3.01. The second-order valence-electron chi connectivity index (χ2n) is 6.42. The predicted molar refractivity (Wildman–Crippen MR) is 105 cm³/mol. The topological polar surface area (TPSA) is 86.9 Å². The van der Waals surface area contributed by atoms with Crippen molar-refractivity contribution in [1.82, 2.24) is 15.5 Å². The molecule has 3 N–H and O–H groups in total. The van der Waals surface area contributed by atoms with Gasteiger partial charge in [0.15, 0.2) is 17.5 Å². The summed E-state index contributed by atoms with van der Waals surface area (Å²) in [5, 5.41) is 11.3. The molecule has 6 nitrogen and oxygen atoms in total. The van der Waals surface area contributed by atoms with Gasteiger partial charge in [-0.2, -0.15) is 5.10 Å². The van der Waals surface area contributed by atoms with Gasteiger partial charge in [0.05, 0.1) is 10.6 Å². The van der Waals surface area contributed by atoms with Gasteiger partial charge in [0, 0.05) is 12.6 Å². The molecule has 0 aliphatic carbocycles. The van der Waals surface area contributed by atoms with Gasteiger partial charge in [-0.15, -0.1) is 0 Å². The average Bonchev–Trinajstić information content (AvgIpc) is 3.12.